The monoisotopic (exact) mass is 588 g/mol. The number of amides is 1. The van der Waals surface area contributed by atoms with Gasteiger partial charge in [0.1, 0.15) is 11.6 Å². The van der Waals surface area contributed by atoms with Crippen LogP contribution in [0.1, 0.15) is 47.5 Å². The van der Waals surface area contributed by atoms with E-state index in [9.17, 15) is 31.5 Å². The SMILES string of the molecule is Cc1nc(N[C@H](C)c2cc(C(F)F)cc(C(F)(F)F)c2)c2cc(N(C)c3c[nH]c(=O)c(CC(=O)N(C)C)c3)ccc2n1. The summed E-state index contributed by atoms with van der Waals surface area (Å²) in [6.07, 6.45) is -6.44. The van der Waals surface area contributed by atoms with Crippen LogP contribution in [-0.4, -0.2) is 46.9 Å². The largest absolute Gasteiger partial charge is 0.416 e. The molecule has 0 aliphatic rings. The third-order valence-electron chi connectivity index (χ3n) is 6.78. The standard InChI is InChI=1S/C29H29F5N6O2/c1-15(17-8-18(26(30)31)10-20(9-17)29(32,33)34)36-27-23-13-21(6-7-24(23)37-16(2)38-27)40(5)22-11-19(28(42)35-14-22)12-25(41)39(3)4/h6-11,13-15,26H,12H2,1-5H3,(H,35,42)(H,36,37,38)/t15-/m1/s1. The molecular formula is C29H29F5N6O2. The number of aromatic amines is 1. The lowest BCUT2D eigenvalue weighted by Crippen LogP contribution is -2.27. The molecule has 0 radical (unpaired) electrons. The highest BCUT2D eigenvalue weighted by Crippen LogP contribution is 2.36. The zero-order valence-corrected chi connectivity index (χ0v) is 23.5. The van der Waals surface area contributed by atoms with Crippen LogP contribution in [0.15, 0.2) is 53.5 Å². The first kappa shape index (κ1) is 30.4. The van der Waals surface area contributed by atoms with Crippen molar-refractivity contribution in [3.63, 3.8) is 0 Å². The molecule has 2 aromatic heterocycles. The number of benzene rings is 2. The van der Waals surface area contributed by atoms with Crippen molar-refractivity contribution in [3.05, 3.63) is 87.1 Å². The number of aromatic nitrogens is 3. The number of anilines is 3. The summed E-state index contributed by atoms with van der Waals surface area (Å²) >= 11 is 0. The Bertz CT molecular complexity index is 1690. The van der Waals surface area contributed by atoms with Gasteiger partial charge >= 0.3 is 6.18 Å². The number of nitrogens with one attached hydrogen (secondary N) is 2. The van der Waals surface area contributed by atoms with Gasteiger partial charge in [-0.05, 0) is 61.9 Å². The van der Waals surface area contributed by atoms with Crippen molar-refractivity contribution in [1.82, 2.24) is 19.9 Å². The topological polar surface area (TPSA) is 94.2 Å². The van der Waals surface area contributed by atoms with Gasteiger partial charge in [0.2, 0.25) is 5.91 Å². The normalized spacial score (nSPS) is 12.5. The lowest BCUT2D eigenvalue weighted by molar-refractivity contribution is -0.137. The second kappa shape index (κ2) is 11.7. The summed E-state index contributed by atoms with van der Waals surface area (Å²) in [7, 11) is 4.96. The van der Waals surface area contributed by atoms with Gasteiger partial charge in [-0.2, -0.15) is 13.2 Å². The Morgan fingerprint density at radius 1 is 1.00 bits per heavy atom. The van der Waals surface area contributed by atoms with Crippen LogP contribution in [0.2, 0.25) is 0 Å². The highest BCUT2D eigenvalue weighted by Gasteiger charge is 2.32. The molecule has 0 bridgehead atoms. The van der Waals surface area contributed by atoms with Gasteiger partial charge < -0.3 is 20.1 Å². The van der Waals surface area contributed by atoms with Crippen molar-refractivity contribution in [3.8, 4) is 0 Å². The van der Waals surface area contributed by atoms with Crippen LogP contribution in [0.3, 0.4) is 0 Å². The van der Waals surface area contributed by atoms with Crippen LogP contribution >= 0.6 is 0 Å². The molecule has 1 amide bonds. The summed E-state index contributed by atoms with van der Waals surface area (Å²) in [5.41, 5.74) is -0.168. The van der Waals surface area contributed by atoms with Crippen molar-refractivity contribution < 1.29 is 26.7 Å². The van der Waals surface area contributed by atoms with Crippen LogP contribution in [0.4, 0.5) is 39.1 Å². The molecule has 0 saturated heterocycles. The number of halogens is 5. The molecule has 4 aromatic rings. The van der Waals surface area contributed by atoms with E-state index in [1.165, 1.54) is 11.1 Å². The molecule has 1 atom stereocenters. The molecule has 2 aromatic carbocycles. The molecule has 0 spiro atoms. The zero-order valence-electron chi connectivity index (χ0n) is 23.5. The van der Waals surface area contributed by atoms with E-state index in [-0.39, 0.29) is 23.5 Å². The van der Waals surface area contributed by atoms with Gasteiger partial charge in [-0.1, -0.05) is 0 Å². The van der Waals surface area contributed by atoms with Gasteiger partial charge in [-0.3, -0.25) is 9.59 Å². The minimum atomic E-state index is -4.79. The molecule has 0 aliphatic carbocycles. The Balaban J connectivity index is 1.71. The number of aryl methyl sites for hydroxylation is 1. The fourth-order valence-corrected chi connectivity index (χ4v) is 4.37. The van der Waals surface area contributed by atoms with Crippen molar-refractivity contribution in [2.45, 2.75) is 38.9 Å². The summed E-state index contributed by atoms with van der Waals surface area (Å²) in [4.78, 5) is 39.2. The third-order valence-corrected chi connectivity index (χ3v) is 6.78. The van der Waals surface area contributed by atoms with E-state index in [1.54, 1.807) is 64.2 Å². The fourth-order valence-electron chi connectivity index (χ4n) is 4.37. The molecule has 0 unspecified atom stereocenters. The Morgan fingerprint density at radius 2 is 1.69 bits per heavy atom. The third kappa shape index (κ3) is 6.67. The minimum absolute atomic E-state index is 0.0193. The summed E-state index contributed by atoms with van der Waals surface area (Å²) in [6, 6.07) is 8.43. The van der Waals surface area contributed by atoms with Gasteiger partial charge in [0.25, 0.3) is 12.0 Å². The Morgan fingerprint density at radius 3 is 2.33 bits per heavy atom. The predicted octanol–water partition coefficient (Wildman–Crippen LogP) is 6.15. The van der Waals surface area contributed by atoms with Gasteiger partial charge in [-0.25, -0.2) is 18.7 Å². The molecule has 42 heavy (non-hydrogen) atoms. The van der Waals surface area contributed by atoms with Crippen molar-refractivity contribution >= 4 is 34.0 Å². The molecule has 4 rings (SSSR count). The lowest BCUT2D eigenvalue weighted by Gasteiger charge is -2.22. The molecule has 2 heterocycles. The van der Waals surface area contributed by atoms with E-state index in [0.29, 0.717) is 45.5 Å². The molecule has 0 fully saturated rings. The zero-order chi connectivity index (χ0) is 30.9. The van der Waals surface area contributed by atoms with Crippen molar-refractivity contribution in [1.29, 1.82) is 0 Å². The van der Waals surface area contributed by atoms with Gasteiger partial charge in [-0.15, -0.1) is 0 Å². The molecule has 0 saturated carbocycles. The first-order valence-corrected chi connectivity index (χ1v) is 12.8. The second-order valence-electron chi connectivity index (χ2n) is 10.1. The van der Waals surface area contributed by atoms with E-state index in [2.05, 4.69) is 20.3 Å². The quantitative estimate of drug-likeness (QED) is 0.240. The molecule has 222 valence electrons. The number of nitrogens with zero attached hydrogens (tertiary/aromatic N) is 4. The number of hydrogen-bond acceptors (Lipinski definition) is 6. The molecule has 13 heteroatoms. The highest BCUT2D eigenvalue weighted by atomic mass is 19.4. The van der Waals surface area contributed by atoms with E-state index >= 15 is 0 Å². The maximum Gasteiger partial charge on any atom is 0.416 e. The summed E-state index contributed by atoms with van der Waals surface area (Å²) in [6.45, 7) is 3.21. The second-order valence-corrected chi connectivity index (χ2v) is 10.1. The van der Waals surface area contributed by atoms with Crippen molar-refractivity contribution in [2.75, 3.05) is 31.4 Å². The van der Waals surface area contributed by atoms with Crippen LogP contribution < -0.4 is 15.8 Å². The Hall–Kier alpha value is -4.55. The van der Waals surface area contributed by atoms with E-state index in [1.807, 2.05) is 0 Å². The number of rotatable bonds is 8. The molecule has 8 nitrogen and oxygen atoms in total. The lowest BCUT2D eigenvalue weighted by atomic mass is 10.0. The first-order chi connectivity index (χ1) is 19.6. The minimum Gasteiger partial charge on any atom is -0.363 e. The number of alkyl halides is 5. The maximum absolute atomic E-state index is 13.4. The van der Waals surface area contributed by atoms with Gasteiger partial charge in [0.05, 0.1) is 23.2 Å². The molecule has 2 N–H and O–H groups in total. The number of hydrogen-bond donors (Lipinski definition) is 2. The number of H-pyrrole nitrogens is 1. The van der Waals surface area contributed by atoms with Crippen molar-refractivity contribution in [2.24, 2.45) is 0 Å². The van der Waals surface area contributed by atoms with Crippen LogP contribution in [0.5, 0.6) is 0 Å². The summed E-state index contributed by atoms with van der Waals surface area (Å²) in [5, 5.41) is 3.60. The van der Waals surface area contributed by atoms with E-state index < -0.39 is 29.8 Å². The average Bonchev–Trinajstić information content (AvgIpc) is 2.92. The Labute approximate surface area is 238 Å². The smallest absolute Gasteiger partial charge is 0.363 e. The maximum atomic E-state index is 13.4. The van der Waals surface area contributed by atoms with Gasteiger partial charge in [0.15, 0.2) is 0 Å². The number of pyridine rings is 1. The summed E-state index contributed by atoms with van der Waals surface area (Å²) < 4.78 is 67.2. The Kier molecular flexibility index (Phi) is 8.50. The van der Waals surface area contributed by atoms with Crippen LogP contribution in [0.25, 0.3) is 10.9 Å². The van der Waals surface area contributed by atoms with Gasteiger partial charge in [0, 0.05) is 55.6 Å². The number of carbonyl (C=O) groups is 1. The average molecular weight is 589 g/mol. The number of fused-ring (bicyclic) bond motifs is 1. The number of carbonyl (C=O) groups excluding carboxylic acids is 1. The highest BCUT2D eigenvalue weighted by molar-refractivity contribution is 5.92. The summed E-state index contributed by atoms with van der Waals surface area (Å²) in [5.74, 6) is 0.464. The predicted molar refractivity (Wildman–Crippen MR) is 150 cm³/mol. The fraction of sp³-hybridized carbons (Fsp3) is 0.310. The van der Waals surface area contributed by atoms with Crippen LogP contribution in [-0.2, 0) is 17.4 Å². The van der Waals surface area contributed by atoms with E-state index in [4.69, 9.17) is 0 Å². The molecule has 0 aliphatic heterocycles. The van der Waals surface area contributed by atoms with E-state index in [0.717, 1.165) is 12.1 Å². The van der Waals surface area contributed by atoms with Crippen LogP contribution in [0, 0.1) is 6.92 Å². The molecular weight excluding hydrogens is 559 g/mol. The first-order valence-electron chi connectivity index (χ1n) is 12.8. The number of likely N-dealkylation sites (N-methyl/N-ethyl adjacent to an activating group) is 1.